The van der Waals surface area contributed by atoms with Crippen LogP contribution in [-0.2, 0) is 25.7 Å². The van der Waals surface area contributed by atoms with Gasteiger partial charge in [-0.15, -0.1) is 0 Å². The lowest BCUT2D eigenvalue weighted by atomic mass is 9.85. The van der Waals surface area contributed by atoms with Crippen molar-refractivity contribution >= 4 is 17.1 Å². The molecule has 1 aromatic heterocycles. The summed E-state index contributed by atoms with van der Waals surface area (Å²) in [6.07, 6.45) is 5.95. The molecular formula is C33H22N2. The van der Waals surface area contributed by atoms with Crippen LogP contribution in [0.5, 0.6) is 0 Å². The van der Waals surface area contributed by atoms with Gasteiger partial charge in [0.15, 0.2) is 0 Å². The molecule has 2 aliphatic heterocycles. The fourth-order valence-corrected chi connectivity index (χ4v) is 7.06. The SMILES string of the molecule is c1ccc2c(c1)Cc1cc3c(cc1-2)Cc1nccc2c1N3c1ccc3c(c1C2)Cc1ccccc1-3. The summed E-state index contributed by atoms with van der Waals surface area (Å²) in [5.74, 6) is 0. The Hall–Kier alpha value is -4.17. The van der Waals surface area contributed by atoms with Crippen LogP contribution in [0.25, 0.3) is 22.3 Å². The summed E-state index contributed by atoms with van der Waals surface area (Å²) in [5, 5.41) is 0. The normalized spacial score (nSPS) is 14.9. The van der Waals surface area contributed by atoms with Crippen LogP contribution in [0.15, 0.2) is 85.1 Å². The maximum Gasteiger partial charge on any atom is 0.0716 e. The number of nitrogens with zero attached hydrogens (tertiary/aromatic N) is 2. The second-order valence-corrected chi connectivity index (χ2v) is 10.3. The van der Waals surface area contributed by atoms with Gasteiger partial charge in [0.2, 0.25) is 0 Å². The van der Waals surface area contributed by atoms with E-state index >= 15 is 0 Å². The van der Waals surface area contributed by atoms with Gasteiger partial charge in [-0.25, -0.2) is 0 Å². The predicted molar refractivity (Wildman–Crippen MR) is 141 cm³/mol. The summed E-state index contributed by atoms with van der Waals surface area (Å²) >= 11 is 0. The minimum Gasteiger partial charge on any atom is -0.308 e. The number of hydrogen-bond donors (Lipinski definition) is 0. The number of benzene rings is 4. The van der Waals surface area contributed by atoms with Gasteiger partial charge < -0.3 is 4.90 Å². The van der Waals surface area contributed by atoms with Gasteiger partial charge in [0.25, 0.3) is 0 Å². The lowest BCUT2D eigenvalue weighted by molar-refractivity contribution is 0.952. The van der Waals surface area contributed by atoms with E-state index in [4.69, 9.17) is 4.98 Å². The number of aromatic nitrogens is 1. The predicted octanol–water partition coefficient (Wildman–Crippen LogP) is 7.50. The maximum atomic E-state index is 4.89. The number of anilines is 3. The van der Waals surface area contributed by atoms with E-state index < -0.39 is 0 Å². The van der Waals surface area contributed by atoms with Gasteiger partial charge in [0.05, 0.1) is 22.8 Å². The Morgan fingerprint density at radius 1 is 0.514 bits per heavy atom. The topological polar surface area (TPSA) is 16.1 Å². The van der Waals surface area contributed by atoms with Crippen molar-refractivity contribution in [3.8, 4) is 22.3 Å². The van der Waals surface area contributed by atoms with E-state index in [1.807, 2.05) is 6.20 Å². The second-order valence-electron chi connectivity index (χ2n) is 10.3. The van der Waals surface area contributed by atoms with Crippen molar-refractivity contribution in [3.63, 3.8) is 0 Å². The van der Waals surface area contributed by atoms with E-state index in [0.29, 0.717) is 0 Å². The van der Waals surface area contributed by atoms with Crippen LogP contribution in [0.4, 0.5) is 17.1 Å². The molecule has 2 aliphatic carbocycles. The van der Waals surface area contributed by atoms with Crippen molar-refractivity contribution < 1.29 is 0 Å². The summed E-state index contributed by atoms with van der Waals surface area (Å²) in [7, 11) is 0. The third-order valence-electron chi connectivity index (χ3n) is 8.59. The maximum absolute atomic E-state index is 4.89. The molecule has 0 spiro atoms. The third-order valence-corrected chi connectivity index (χ3v) is 8.59. The highest BCUT2D eigenvalue weighted by Gasteiger charge is 2.36. The Bertz CT molecular complexity index is 1750. The summed E-state index contributed by atoms with van der Waals surface area (Å²) in [6, 6.07) is 29.7. The van der Waals surface area contributed by atoms with E-state index in [9.17, 15) is 0 Å². The fraction of sp³-hybridized carbons (Fsp3) is 0.121. The van der Waals surface area contributed by atoms with E-state index in [1.165, 1.54) is 84.0 Å². The number of fused-ring (bicyclic) bond motifs is 11. The van der Waals surface area contributed by atoms with Gasteiger partial charge in [-0.05, 0) is 98.3 Å². The molecular weight excluding hydrogens is 424 g/mol. The molecule has 4 aliphatic rings. The summed E-state index contributed by atoms with van der Waals surface area (Å²) < 4.78 is 0. The Morgan fingerprint density at radius 2 is 1.29 bits per heavy atom. The average molecular weight is 447 g/mol. The molecule has 2 heteroatoms. The highest BCUT2D eigenvalue weighted by Crippen LogP contribution is 2.54. The molecule has 164 valence electrons. The fourth-order valence-electron chi connectivity index (χ4n) is 7.06. The third kappa shape index (κ3) is 2.27. The molecule has 0 fully saturated rings. The van der Waals surface area contributed by atoms with Crippen LogP contribution in [0, 0.1) is 0 Å². The van der Waals surface area contributed by atoms with E-state index in [1.54, 1.807) is 0 Å². The highest BCUT2D eigenvalue weighted by molar-refractivity contribution is 5.93. The lowest BCUT2D eigenvalue weighted by Crippen LogP contribution is -2.26. The summed E-state index contributed by atoms with van der Waals surface area (Å²) in [6.45, 7) is 0. The van der Waals surface area contributed by atoms with Crippen molar-refractivity contribution in [3.05, 3.63) is 130 Å². The molecule has 35 heavy (non-hydrogen) atoms. The number of rotatable bonds is 0. The first-order valence-corrected chi connectivity index (χ1v) is 12.6. The molecule has 0 amide bonds. The smallest absolute Gasteiger partial charge is 0.0716 e. The molecule has 2 nitrogen and oxygen atoms in total. The zero-order chi connectivity index (χ0) is 22.7. The van der Waals surface area contributed by atoms with Crippen LogP contribution < -0.4 is 4.90 Å². The standard InChI is InChI=1S/C33H22N2/c1-4-8-25-19(5-1)13-22-18-32-23(16-27(22)25)17-30-33-21(11-12-34-30)15-29-28-14-20-6-2-3-7-24(20)26(28)9-10-31(29)35(32)33/h1-12,16,18H,13-15,17H2. The van der Waals surface area contributed by atoms with E-state index in [2.05, 4.69) is 83.8 Å². The highest BCUT2D eigenvalue weighted by atomic mass is 15.2. The molecule has 0 N–H and O–H groups in total. The Morgan fingerprint density at radius 3 is 2.17 bits per heavy atom. The van der Waals surface area contributed by atoms with Crippen molar-refractivity contribution in [2.75, 3.05) is 4.90 Å². The monoisotopic (exact) mass is 446 g/mol. The van der Waals surface area contributed by atoms with Gasteiger partial charge >= 0.3 is 0 Å². The van der Waals surface area contributed by atoms with Gasteiger partial charge in [-0.2, -0.15) is 0 Å². The lowest BCUT2D eigenvalue weighted by Gasteiger charge is -2.39. The largest absolute Gasteiger partial charge is 0.308 e. The number of pyridine rings is 1. The molecule has 0 radical (unpaired) electrons. The molecule has 0 unspecified atom stereocenters. The molecule has 0 atom stereocenters. The quantitative estimate of drug-likeness (QED) is 0.240. The molecule has 4 aromatic carbocycles. The van der Waals surface area contributed by atoms with Crippen molar-refractivity contribution in [1.82, 2.24) is 4.98 Å². The van der Waals surface area contributed by atoms with Gasteiger partial charge in [0.1, 0.15) is 0 Å². The molecule has 9 rings (SSSR count). The van der Waals surface area contributed by atoms with Gasteiger partial charge in [-0.1, -0.05) is 54.6 Å². The zero-order valence-electron chi connectivity index (χ0n) is 19.3. The first kappa shape index (κ1) is 18.2. The Balaban J connectivity index is 1.29. The van der Waals surface area contributed by atoms with Crippen molar-refractivity contribution in [2.24, 2.45) is 0 Å². The van der Waals surface area contributed by atoms with Crippen molar-refractivity contribution in [2.45, 2.75) is 25.7 Å². The second kappa shape index (κ2) is 6.28. The Labute approximate surface area is 204 Å². The van der Waals surface area contributed by atoms with Crippen LogP contribution in [0.2, 0.25) is 0 Å². The van der Waals surface area contributed by atoms with E-state index in [-0.39, 0.29) is 0 Å². The van der Waals surface area contributed by atoms with Crippen LogP contribution in [-0.4, -0.2) is 4.98 Å². The summed E-state index contributed by atoms with van der Waals surface area (Å²) in [4.78, 5) is 7.43. The minimum absolute atomic E-state index is 0.899. The van der Waals surface area contributed by atoms with Crippen molar-refractivity contribution in [1.29, 1.82) is 0 Å². The first-order chi connectivity index (χ1) is 17.3. The average Bonchev–Trinajstić information content (AvgIpc) is 3.45. The molecule has 0 saturated carbocycles. The van der Waals surface area contributed by atoms with Gasteiger partial charge in [-0.3, -0.25) is 4.98 Å². The molecule has 3 heterocycles. The van der Waals surface area contributed by atoms with Gasteiger partial charge in [0, 0.05) is 19.0 Å². The zero-order valence-corrected chi connectivity index (χ0v) is 19.3. The van der Waals surface area contributed by atoms with Crippen LogP contribution >= 0.6 is 0 Å². The Kier molecular flexibility index (Phi) is 3.27. The first-order valence-electron chi connectivity index (χ1n) is 12.6. The van der Waals surface area contributed by atoms with E-state index in [0.717, 1.165) is 25.7 Å². The molecule has 0 bridgehead atoms. The molecule has 5 aromatic rings. The van der Waals surface area contributed by atoms with Crippen LogP contribution in [0.1, 0.15) is 44.6 Å². The molecule has 0 saturated heterocycles. The van der Waals surface area contributed by atoms with Crippen LogP contribution in [0.3, 0.4) is 0 Å². The summed E-state index contributed by atoms with van der Waals surface area (Å²) in [5.41, 5.74) is 20.9. The number of hydrogen-bond acceptors (Lipinski definition) is 2. The minimum atomic E-state index is 0.899.